The predicted octanol–water partition coefficient (Wildman–Crippen LogP) is 3.39. The van der Waals surface area contributed by atoms with Crippen LogP contribution in [-0.4, -0.2) is 142 Å². The van der Waals surface area contributed by atoms with E-state index in [2.05, 4.69) is 22.6 Å². The Balaban J connectivity index is 3.01. The average molecular weight is 687 g/mol. The molecule has 0 radical (unpaired) electrons. The molecule has 0 rings (SSSR count). The third kappa shape index (κ3) is 36.6. The van der Waals surface area contributed by atoms with Crippen molar-refractivity contribution < 1.29 is 47.4 Å². The fourth-order valence-electron chi connectivity index (χ4n) is 2.79. The van der Waals surface area contributed by atoms with Gasteiger partial charge in [-0.25, -0.2) is 0 Å². The van der Waals surface area contributed by atoms with E-state index in [4.69, 9.17) is 59.0 Å². The van der Waals surface area contributed by atoms with Crippen molar-refractivity contribution in [3.8, 4) is 0 Å². The summed E-state index contributed by atoms with van der Waals surface area (Å²) in [5.74, 6) is 0.747. The first-order chi connectivity index (χ1) is 18.9. The van der Waals surface area contributed by atoms with Crippen LogP contribution in [0.1, 0.15) is 25.7 Å². The highest BCUT2D eigenvalue weighted by Crippen LogP contribution is 2.01. The van der Waals surface area contributed by atoms with Crippen LogP contribution < -0.4 is 0 Å². The zero-order chi connectivity index (χ0) is 27.5. The van der Waals surface area contributed by atoms with Gasteiger partial charge in [0.15, 0.2) is 0 Å². The first kappa shape index (κ1) is 38.6. The Morgan fingerprint density at radius 1 is 0.289 bits per heavy atom. The molecular weight excluding hydrogens is 635 g/mol. The van der Waals surface area contributed by atoms with Gasteiger partial charge >= 0.3 is 0 Å². The van der Waals surface area contributed by atoms with E-state index < -0.39 is 0 Å². The number of unbranched alkanes of at least 4 members (excludes halogenated alkanes) is 3. The van der Waals surface area contributed by atoms with Gasteiger partial charge in [0.1, 0.15) is 0 Å². The Morgan fingerprint density at radius 3 is 0.789 bits per heavy atom. The summed E-state index contributed by atoms with van der Waals surface area (Å²) in [5.41, 5.74) is 0. The maximum atomic E-state index is 5.64. The van der Waals surface area contributed by atoms with E-state index in [0.29, 0.717) is 119 Å². The minimum Gasteiger partial charge on any atom is -0.379 e. The first-order valence-electron chi connectivity index (χ1n) is 13.8. The van der Waals surface area contributed by atoms with Crippen LogP contribution in [0.2, 0.25) is 0 Å². The number of hydrogen-bond acceptors (Lipinski definition) is 10. The second-order valence-electron chi connectivity index (χ2n) is 7.92. The van der Waals surface area contributed by atoms with Crippen LogP contribution >= 0.6 is 34.2 Å². The average Bonchev–Trinajstić information content (AvgIpc) is 2.93. The molecular formula is C26H52ClIO10. The van der Waals surface area contributed by atoms with Crippen LogP contribution in [-0.2, 0) is 47.4 Å². The number of ether oxygens (including phenoxy) is 10. The standard InChI is InChI=1S/C26H52ClIO10/c27-5-3-1-2-4-7-29-9-11-31-13-15-33-17-19-35-21-23-37-25-26-38-24-22-36-20-18-34-16-14-32-12-10-30-8-6-28/h1-26H2. The van der Waals surface area contributed by atoms with Gasteiger partial charge in [0.25, 0.3) is 0 Å². The minimum atomic E-state index is 0.529. The summed E-state index contributed by atoms with van der Waals surface area (Å²) in [7, 11) is 0. The van der Waals surface area contributed by atoms with Crippen molar-refractivity contribution in [1.82, 2.24) is 0 Å². The number of rotatable bonds is 35. The molecule has 0 atom stereocenters. The Kier molecular flexibility index (Phi) is 38.2. The third-order valence-electron chi connectivity index (χ3n) is 4.74. The molecule has 0 amide bonds. The molecule has 0 aliphatic carbocycles. The zero-order valence-electron chi connectivity index (χ0n) is 23.2. The van der Waals surface area contributed by atoms with Crippen LogP contribution in [0.4, 0.5) is 0 Å². The minimum absolute atomic E-state index is 0.529. The van der Waals surface area contributed by atoms with E-state index >= 15 is 0 Å². The number of hydrogen-bond donors (Lipinski definition) is 0. The Labute approximate surface area is 249 Å². The van der Waals surface area contributed by atoms with Gasteiger partial charge in [-0.05, 0) is 12.8 Å². The summed E-state index contributed by atoms with van der Waals surface area (Å²) in [6, 6.07) is 0. The van der Waals surface area contributed by atoms with E-state index in [1.807, 2.05) is 0 Å². The van der Waals surface area contributed by atoms with E-state index in [1.165, 1.54) is 12.8 Å². The highest BCUT2D eigenvalue weighted by molar-refractivity contribution is 14.1. The molecule has 0 heterocycles. The molecule has 0 aliphatic rings. The highest BCUT2D eigenvalue weighted by atomic mass is 127. The molecule has 0 saturated heterocycles. The predicted molar refractivity (Wildman–Crippen MR) is 156 cm³/mol. The molecule has 0 unspecified atom stereocenters. The number of halogens is 2. The van der Waals surface area contributed by atoms with Gasteiger partial charge in [-0.1, -0.05) is 35.4 Å². The second-order valence-corrected chi connectivity index (χ2v) is 9.37. The SMILES string of the molecule is ClCCCCCCOCCOCCOCCOCCOCCOCCOCCOCCOCCOCCI. The van der Waals surface area contributed by atoms with Gasteiger partial charge in [0, 0.05) is 16.9 Å². The van der Waals surface area contributed by atoms with E-state index in [-0.39, 0.29) is 0 Å². The van der Waals surface area contributed by atoms with Crippen molar-refractivity contribution in [2.75, 3.05) is 142 Å². The van der Waals surface area contributed by atoms with E-state index in [9.17, 15) is 0 Å². The molecule has 0 spiro atoms. The highest BCUT2D eigenvalue weighted by Gasteiger charge is 1.96. The maximum Gasteiger partial charge on any atom is 0.0701 e. The normalized spacial score (nSPS) is 11.5. The largest absolute Gasteiger partial charge is 0.379 e. The van der Waals surface area contributed by atoms with Gasteiger partial charge < -0.3 is 47.4 Å². The smallest absolute Gasteiger partial charge is 0.0701 e. The van der Waals surface area contributed by atoms with Crippen molar-refractivity contribution in [3.63, 3.8) is 0 Å². The van der Waals surface area contributed by atoms with Crippen molar-refractivity contribution in [2.45, 2.75) is 25.7 Å². The molecule has 0 aromatic rings. The molecule has 0 saturated carbocycles. The van der Waals surface area contributed by atoms with E-state index in [1.54, 1.807) is 0 Å². The van der Waals surface area contributed by atoms with Crippen LogP contribution in [0.3, 0.4) is 0 Å². The van der Waals surface area contributed by atoms with Crippen LogP contribution in [0.25, 0.3) is 0 Å². The number of alkyl halides is 2. The monoisotopic (exact) mass is 686 g/mol. The molecule has 0 aliphatic heterocycles. The summed E-state index contributed by atoms with van der Waals surface area (Å²) in [6.07, 6.45) is 4.52. The quantitative estimate of drug-likeness (QED) is 0.0562. The van der Waals surface area contributed by atoms with Crippen molar-refractivity contribution in [2.24, 2.45) is 0 Å². The van der Waals surface area contributed by atoms with Gasteiger partial charge in [-0.2, -0.15) is 0 Å². The maximum absolute atomic E-state index is 5.64. The fourth-order valence-corrected chi connectivity index (χ4v) is 3.29. The lowest BCUT2D eigenvalue weighted by atomic mass is 10.2. The second kappa shape index (κ2) is 37.6. The molecule has 12 heteroatoms. The first-order valence-corrected chi connectivity index (χ1v) is 15.9. The molecule has 230 valence electrons. The zero-order valence-corrected chi connectivity index (χ0v) is 26.1. The molecule has 0 aromatic heterocycles. The molecule has 38 heavy (non-hydrogen) atoms. The molecule has 0 aromatic carbocycles. The Morgan fingerprint density at radius 2 is 0.526 bits per heavy atom. The molecule has 0 N–H and O–H groups in total. The van der Waals surface area contributed by atoms with Crippen molar-refractivity contribution in [3.05, 3.63) is 0 Å². The van der Waals surface area contributed by atoms with Crippen molar-refractivity contribution >= 4 is 34.2 Å². The topological polar surface area (TPSA) is 92.3 Å². The van der Waals surface area contributed by atoms with Crippen LogP contribution in [0, 0.1) is 0 Å². The lowest BCUT2D eigenvalue weighted by Gasteiger charge is -2.09. The van der Waals surface area contributed by atoms with Crippen LogP contribution in [0.5, 0.6) is 0 Å². The summed E-state index contributed by atoms with van der Waals surface area (Å²) < 4.78 is 55.5. The summed E-state index contributed by atoms with van der Waals surface area (Å²) in [4.78, 5) is 0. The van der Waals surface area contributed by atoms with Gasteiger partial charge in [-0.15, -0.1) is 11.6 Å². The Bertz CT molecular complexity index is 380. The molecule has 0 fully saturated rings. The fraction of sp³-hybridized carbons (Fsp3) is 1.00. The van der Waals surface area contributed by atoms with Gasteiger partial charge in [0.2, 0.25) is 0 Å². The third-order valence-corrected chi connectivity index (χ3v) is 5.45. The van der Waals surface area contributed by atoms with E-state index in [0.717, 1.165) is 36.4 Å². The Hall–Kier alpha value is 0.620. The molecule has 0 bridgehead atoms. The summed E-state index contributed by atoms with van der Waals surface area (Å²) in [6.45, 7) is 11.6. The van der Waals surface area contributed by atoms with Crippen LogP contribution in [0.15, 0.2) is 0 Å². The molecule has 10 nitrogen and oxygen atoms in total. The summed E-state index contributed by atoms with van der Waals surface area (Å²) >= 11 is 7.92. The summed E-state index contributed by atoms with van der Waals surface area (Å²) in [5, 5.41) is 0. The van der Waals surface area contributed by atoms with Gasteiger partial charge in [0.05, 0.1) is 126 Å². The lowest BCUT2D eigenvalue weighted by molar-refractivity contribution is -0.0262. The lowest BCUT2D eigenvalue weighted by Crippen LogP contribution is -2.15. The van der Waals surface area contributed by atoms with Crippen molar-refractivity contribution in [1.29, 1.82) is 0 Å². The van der Waals surface area contributed by atoms with Gasteiger partial charge in [-0.3, -0.25) is 0 Å².